The number of nitrogens with zero attached hydrogens (tertiary/aromatic N) is 2. The Kier molecular flexibility index (Phi) is 4.91. The Morgan fingerprint density at radius 2 is 1.81 bits per heavy atom. The van der Waals surface area contributed by atoms with Gasteiger partial charge in [0.05, 0.1) is 16.4 Å². The van der Waals surface area contributed by atoms with Crippen molar-refractivity contribution in [1.29, 1.82) is 0 Å². The fourth-order valence-corrected chi connectivity index (χ4v) is 3.42. The zero-order valence-corrected chi connectivity index (χ0v) is 17.0. The second-order valence-electron chi connectivity index (χ2n) is 7.87. The van der Waals surface area contributed by atoms with E-state index in [1.165, 1.54) is 0 Å². The monoisotopic (exact) mass is 385 g/mol. The van der Waals surface area contributed by atoms with Crippen LogP contribution in [-0.2, 0) is 16.9 Å². The summed E-state index contributed by atoms with van der Waals surface area (Å²) in [7, 11) is 0. The predicted molar refractivity (Wildman–Crippen MR) is 111 cm³/mol. The summed E-state index contributed by atoms with van der Waals surface area (Å²) in [5.74, 6) is -0.196. The molecule has 1 N–H and O–H groups in total. The van der Waals surface area contributed by atoms with Gasteiger partial charge >= 0.3 is 0 Å². The van der Waals surface area contributed by atoms with Gasteiger partial charge in [-0.1, -0.05) is 23.7 Å². The van der Waals surface area contributed by atoms with Gasteiger partial charge in [-0.3, -0.25) is 14.3 Å². The average Bonchev–Trinajstić information content (AvgIpc) is 2.82. The molecule has 3 aromatic rings. The zero-order chi connectivity index (χ0) is 19.9. The molecular formula is C21H24ClN3O2. The lowest BCUT2D eigenvalue weighted by Gasteiger charge is -2.25. The van der Waals surface area contributed by atoms with Crippen LogP contribution >= 0.6 is 11.6 Å². The number of rotatable bonds is 3. The lowest BCUT2D eigenvalue weighted by atomic mass is 10.1. The van der Waals surface area contributed by atoms with E-state index in [4.69, 9.17) is 11.6 Å². The summed E-state index contributed by atoms with van der Waals surface area (Å²) in [6, 6.07) is 11.0. The number of amides is 1. The van der Waals surface area contributed by atoms with Crippen molar-refractivity contribution >= 4 is 34.1 Å². The van der Waals surface area contributed by atoms with Gasteiger partial charge in [0.1, 0.15) is 6.54 Å². The number of fused-ring (bicyclic) bond motifs is 1. The molecule has 0 saturated heterocycles. The van der Waals surface area contributed by atoms with Gasteiger partial charge in [0.25, 0.3) is 5.56 Å². The van der Waals surface area contributed by atoms with Crippen molar-refractivity contribution in [3.63, 3.8) is 0 Å². The van der Waals surface area contributed by atoms with E-state index in [1.807, 2.05) is 52.8 Å². The zero-order valence-electron chi connectivity index (χ0n) is 16.3. The number of hydrogen-bond donors (Lipinski definition) is 1. The topological polar surface area (TPSA) is 56.0 Å². The highest BCUT2D eigenvalue weighted by molar-refractivity contribution is 6.31. The molecule has 1 heterocycles. The SMILES string of the molecule is Cc1ccc(C)c(NC(=O)Cn2c3cc(Cl)ccc3c(=O)n2C(C)(C)C)c1. The summed E-state index contributed by atoms with van der Waals surface area (Å²) < 4.78 is 3.33. The number of anilines is 1. The van der Waals surface area contributed by atoms with Crippen molar-refractivity contribution in [1.82, 2.24) is 9.36 Å². The fraction of sp³-hybridized carbons (Fsp3) is 0.333. The van der Waals surface area contributed by atoms with Gasteiger partial charge in [0.2, 0.25) is 5.91 Å². The molecule has 6 heteroatoms. The summed E-state index contributed by atoms with van der Waals surface area (Å²) in [6.07, 6.45) is 0. The number of halogens is 1. The van der Waals surface area contributed by atoms with E-state index in [-0.39, 0.29) is 18.0 Å². The number of aromatic nitrogens is 2. The number of carbonyl (C=O) groups is 1. The molecule has 0 radical (unpaired) electrons. The van der Waals surface area contributed by atoms with Crippen LogP contribution in [-0.4, -0.2) is 15.3 Å². The molecule has 2 aromatic carbocycles. The first-order valence-electron chi connectivity index (χ1n) is 8.86. The molecule has 3 rings (SSSR count). The lowest BCUT2D eigenvalue weighted by Crippen LogP contribution is -2.38. The second-order valence-corrected chi connectivity index (χ2v) is 8.31. The van der Waals surface area contributed by atoms with E-state index in [0.717, 1.165) is 16.8 Å². The van der Waals surface area contributed by atoms with Crippen LogP contribution in [0.15, 0.2) is 41.2 Å². The highest BCUT2D eigenvalue weighted by atomic mass is 35.5. The Hall–Kier alpha value is -2.53. The Bertz CT molecular complexity index is 1090. The third-order valence-corrected chi connectivity index (χ3v) is 4.73. The van der Waals surface area contributed by atoms with E-state index in [0.29, 0.717) is 15.9 Å². The number of carbonyl (C=O) groups excluding carboxylic acids is 1. The van der Waals surface area contributed by atoms with E-state index < -0.39 is 5.54 Å². The molecule has 1 amide bonds. The average molecular weight is 386 g/mol. The van der Waals surface area contributed by atoms with Crippen LogP contribution in [0.3, 0.4) is 0 Å². The van der Waals surface area contributed by atoms with Gasteiger partial charge in [0, 0.05) is 10.7 Å². The predicted octanol–water partition coefficient (Wildman–Crippen LogP) is 4.47. The lowest BCUT2D eigenvalue weighted by molar-refractivity contribution is -0.117. The van der Waals surface area contributed by atoms with Gasteiger partial charge in [0.15, 0.2) is 0 Å². The molecule has 0 atom stereocenters. The molecule has 27 heavy (non-hydrogen) atoms. The molecule has 0 bridgehead atoms. The maximum absolute atomic E-state index is 12.9. The van der Waals surface area contributed by atoms with Gasteiger partial charge in [-0.25, -0.2) is 4.68 Å². The maximum Gasteiger partial charge on any atom is 0.275 e. The molecule has 1 aromatic heterocycles. The first kappa shape index (κ1) is 19.2. The van der Waals surface area contributed by atoms with Crippen molar-refractivity contribution in [3.8, 4) is 0 Å². The van der Waals surface area contributed by atoms with Crippen LogP contribution in [0.1, 0.15) is 31.9 Å². The summed E-state index contributed by atoms with van der Waals surface area (Å²) in [5.41, 5.74) is 2.87. The van der Waals surface area contributed by atoms with Crippen LogP contribution in [0.5, 0.6) is 0 Å². The second kappa shape index (κ2) is 6.89. The quantitative estimate of drug-likeness (QED) is 0.723. The standard InChI is InChI=1S/C21H24ClN3O2/c1-13-6-7-14(2)17(10-13)23-19(26)12-24-18-11-15(22)8-9-16(18)20(27)25(24)21(3,4)5/h6-11H,12H2,1-5H3,(H,23,26). The van der Waals surface area contributed by atoms with Crippen LogP contribution in [0.2, 0.25) is 5.02 Å². The van der Waals surface area contributed by atoms with E-state index in [1.54, 1.807) is 27.6 Å². The van der Waals surface area contributed by atoms with Crippen molar-refractivity contribution in [2.24, 2.45) is 0 Å². The number of benzene rings is 2. The van der Waals surface area contributed by atoms with Crippen LogP contribution < -0.4 is 10.9 Å². The molecule has 0 aliphatic heterocycles. The molecule has 0 unspecified atom stereocenters. The molecule has 0 spiro atoms. The van der Waals surface area contributed by atoms with Crippen LogP contribution in [0, 0.1) is 13.8 Å². The summed E-state index contributed by atoms with van der Waals surface area (Å²) >= 11 is 6.15. The number of aryl methyl sites for hydroxylation is 2. The van der Waals surface area contributed by atoms with Crippen molar-refractivity contribution < 1.29 is 4.79 Å². The van der Waals surface area contributed by atoms with Gasteiger partial charge in [-0.05, 0) is 70.0 Å². The first-order chi connectivity index (χ1) is 12.6. The minimum atomic E-state index is -0.484. The smallest absolute Gasteiger partial charge is 0.275 e. The summed E-state index contributed by atoms with van der Waals surface area (Å²) in [5, 5.41) is 4.03. The molecule has 142 valence electrons. The van der Waals surface area contributed by atoms with Gasteiger partial charge < -0.3 is 5.32 Å². The van der Waals surface area contributed by atoms with E-state index in [2.05, 4.69) is 5.32 Å². The summed E-state index contributed by atoms with van der Waals surface area (Å²) in [6.45, 7) is 9.76. The third-order valence-electron chi connectivity index (χ3n) is 4.50. The van der Waals surface area contributed by atoms with Gasteiger partial charge in [-0.2, -0.15) is 0 Å². The van der Waals surface area contributed by atoms with E-state index in [9.17, 15) is 9.59 Å². The minimum Gasteiger partial charge on any atom is -0.324 e. The van der Waals surface area contributed by atoms with Crippen LogP contribution in [0.4, 0.5) is 5.69 Å². The van der Waals surface area contributed by atoms with Crippen molar-refractivity contribution in [2.75, 3.05) is 5.32 Å². The Morgan fingerprint density at radius 1 is 1.11 bits per heavy atom. The maximum atomic E-state index is 12.9. The van der Waals surface area contributed by atoms with E-state index >= 15 is 0 Å². The third kappa shape index (κ3) is 3.78. The Labute approximate surface area is 163 Å². The molecule has 0 saturated carbocycles. The normalized spacial score (nSPS) is 11.8. The Balaban J connectivity index is 2.05. The number of nitrogens with one attached hydrogen (secondary N) is 1. The Morgan fingerprint density at radius 3 is 2.48 bits per heavy atom. The van der Waals surface area contributed by atoms with Crippen LogP contribution in [0.25, 0.3) is 10.9 Å². The fourth-order valence-electron chi connectivity index (χ4n) is 3.25. The minimum absolute atomic E-state index is 0.0176. The largest absolute Gasteiger partial charge is 0.324 e. The van der Waals surface area contributed by atoms with Gasteiger partial charge in [-0.15, -0.1) is 0 Å². The first-order valence-corrected chi connectivity index (χ1v) is 9.24. The highest BCUT2D eigenvalue weighted by Crippen LogP contribution is 2.22. The summed E-state index contributed by atoms with van der Waals surface area (Å²) in [4.78, 5) is 25.7. The molecule has 0 fully saturated rings. The van der Waals surface area contributed by atoms with Crippen molar-refractivity contribution in [3.05, 3.63) is 62.9 Å². The van der Waals surface area contributed by atoms with Crippen molar-refractivity contribution in [2.45, 2.75) is 46.7 Å². The number of hydrogen-bond acceptors (Lipinski definition) is 2. The molecular weight excluding hydrogens is 362 g/mol. The molecule has 0 aliphatic carbocycles. The molecule has 0 aliphatic rings. The molecule has 5 nitrogen and oxygen atoms in total. The highest BCUT2D eigenvalue weighted by Gasteiger charge is 2.24.